The topological polar surface area (TPSA) is 47.6 Å². The van der Waals surface area contributed by atoms with Crippen LogP contribution >= 0.6 is 0 Å². The molecule has 0 aliphatic rings. The molecule has 1 N–H and O–H groups in total. The molecule has 0 aromatic heterocycles. The number of amides is 1. The Hall–Kier alpha value is -2.49. The van der Waals surface area contributed by atoms with Gasteiger partial charge in [0.2, 0.25) is 0 Å². The van der Waals surface area contributed by atoms with Gasteiger partial charge in [0.1, 0.15) is 11.5 Å². The fraction of sp³-hybridized carbons (Fsp3) is 0.235. The zero-order valence-corrected chi connectivity index (χ0v) is 12.5. The third kappa shape index (κ3) is 4.24. The van der Waals surface area contributed by atoms with Gasteiger partial charge in [-0.1, -0.05) is 12.1 Å². The van der Waals surface area contributed by atoms with Gasteiger partial charge in [-0.2, -0.15) is 0 Å². The molecule has 1 amide bonds. The van der Waals surface area contributed by atoms with Crippen LogP contribution in [0.2, 0.25) is 0 Å². The van der Waals surface area contributed by atoms with E-state index in [1.807, 2.05) is 44.2 Å². The smallest absolute Gasteiger partial charge is 0.262 e. The van der Waals surface area contributed by atoms with Crippen molar-refractivity contribution in [1.29, 1.82) is 0 Å². The predicted octanol–water partition coefficient (Wildman–Crippen LogP) is 3.33. The first-order chi connectivity index (χ1) is 10.1. The molecule has 4 nitrogen and oxygen atoms in total. The maximum absolute atomic E-state index is 11.9. The highest BCUT2D eigenvalue weighted by Gasteiger charge is 2.05. The van der Waals surface area contributed by atoms with Gasteiger partial charge in [0.25, 0.3) is 5.91 Å². The van der Waals surface area contributed by atoms with Gasteiger partial charge in [-0.15, -0.1) is 0 Å². The number of carbonyl (C=O) groups excluding carboxylic acids is 1. The molecule has 0 aliphatic heterocycles. The van der Waals surface area contributed by atoms with Crippen LogP contribution in [0.25, 0.3) is 0 Å². The molecular formula is C17H19NO3. The molecule has 0 radical (unpaired) electrons. The van der Waals surface area contributed by atoms with Crippen molar-refractivity contribution in [3.8, 4) is 11.5 Å². The summed E-state index contributed by atoms with van der Waals surface area (Å²) >= 11 is 0. The quantitative estimate of drug-likeness (QED) is 0.916. The Morgan fingerprint density at radius 3 is 2.52 bits per heavy atom. The number of rotatable bonds is 5. The van der Waals surface area contributed by atoms with Crippen LogP contribution in [0.4, 0.5) is 5.69 Å². The highest BCUT2D eigenvalue weighted by molar-refractivity contribution is 5.92. The average Bonchev–Trinajstić information content (AvgIpc) is 2.49. The van der Waals surface area contributed by atoms with Gasteiger partial charge in [-0.3, -0.25) is 4.79 Å². The molecule has 0 spiro atoms. The lowest BCUT2D eigenvalue weighted by Gasteiger charge is -2.09. The summed E-state index contributed by atoms with van der Waals surface area (Å²) in [6.45, 7) is 4.00. The van der Waals surface area contributed by atoms with Gasteiger partial charge in [0.15, 0.2) is 6.61 Å². The molecule has 0 atom stereocenters. The number of hydrogen-bond acceptors (Lipinski definition) is 3. The number of anilines is 1. The standard InChI is InChI=1S/C17H19NO3/c1-12-7-8-14(9-13(12)2)18-17(19)11-21-16-6-4-5-15(10-16)20-3/h4-10H,11H2,1-3H3,(H,18,19). The summed E-state index contributed by atoms with van der Waals surface area (Å²) in [5.74, 6) is 1.10. The largest absolute Gasteiger partial charge is 0.497 e. The van der Waals surface area contributed by atoms with Gasteiger partial charge in [-0.05, 0) is 49.2 Å². The van der Waals surface area contributed by atoms with Gasteiger partial charge >= 0.3 is 0 Å². The van der Waals surface area contributed by atoms with Crippen LogP contribution < -0.4 is 14.8 Å². The molecule has 0 heterocycles. The fourth-order valence-corrected chi connectivity index (χ4v) is 1.86. The van der Waals surface area contributed by atoms with Crippen molar-refractivity contribution in [3.05, 3.63) is 53.6 Å². The lowest BCUT2D eigenvalue weighted by atomic mass is 10.1. The van der Waals surface area contributed by atoms with E-state index in [-0.39, 0.29) is 12.5 Å². The van der Waals surface area contributed by atoms with E-state index in [1.54, 1.807) is 19.2 Å². The number of benzene rings is 2. The minimum atomic E-state index is -0.193. The molecule has 0 saturated carbocycles. The van der Waals surface area contributed by atoms with E-state index in [4.69, 9.17) is 9.47 Å². The van der Waals surface area contributed by atoms with E-state index in [9.17, 15) is 4.79 Å². The monoisotopic (exact) mass is 285 g/mol. The van der Waals surface area contributed by atoms with Gasteiger partial charge in [-0.25, -0.2) is 0 Å². The third-order valence-corrected chi connectivity index (χ3v) is 3.20. The molecule has 21 heavy (non-hydrogen) atoms. The van der Waals surface area contributed by atoms with E-state index in [0.29, 0.717) is 11.5 Å². The Morgan fingerprint density at radius 1 is 1.05 bits per heavy atom. The molecule has 0 fully saturated rings. The highest BCUT2D eigenvalue weighted by Crippen LogP contribution is 2.19. The number of ether oxygens (including phenoxy) is 2. The highest BCUT2D eigenvalue weighted by atomic mass is 16.5. The van der Waals surface area contributed by atoms with Crippen molar-refractivity contribution in [2.24, 2.45) is 0 Å². The second-order valence-corrected chi connectivity index (χ2v) is 4.81. The summed E-state index contributed by atoms with van der Waals surface area (Å²) in [7, 11) is 1.59. The average molecular weight is 285 g/mol. The minimum absolute atomic E-state index is 0.0416. The second-order valence-electron chi connectivity index (χ2n) is 4.81. The normalized spacial score (nSPS) is 10.0. The van der Waals surface area contributed by atoms with Crippen molar-refractivity contribution in [2.75, 3.05) is 19.0 Å². The van der Waals surface area contributed by atoms with Crippen molar-refractivity contribution in [3.63, 3.8) is 0 Å². The van der Waals surface area contributed by atoms with E-state index < -0.39 is 0 Å². The van der Waals surface area contributed by atoms with E-state index in [2.05, 4.69) is 5.32 Å². The van der Waals surface area contributed by atoms with Crippen LogP contribution in [-0.4, -0.2) is 19.6 Å². The Balaban J connectivity index is 1.91. The Kier molecular flexibility index (Phi) is 4.82. The molecule has 2 aromatic carbocycles. The lowest BCUT2D eigenvalue weighted by Crippen LogP contribution is -2.20. The summed E-state index contributed by atoms with van der Waals surface area (Å²) in [6.07, 6.45) is 0. The van der Waals surface area contributed by atoms with Crippen molar-refractivity contribution < 1.29 is 14.3 Å². The minimum Gasteiger partial charge on any atom is -0.497 e. The van der Waals surface area contributed by atoms with Gasteiger partial charge in [0, 0.05) is 11.8 Å². The third-order valence-electron chi connectivity index (χ3n) is 3.20. The van der Waals surface area contributed by atoms with E-state index in [0.717, 1.165) is 11.3 Å². The SMILES string of the molecule is COc1cccc(OCC(=O)Nc2ccc(C)c(C)c2)c1. The lowest BCUT2D eigenvalue weighted by molar-refractivity contribution is -0.118. The van der Waals surface area contributed by atoms with Crippen molar-refractivity contribution in [2.45, 2.75) is 13.8 Å². The van der Waals surface area contributed by atoms with E-state index >= 15 is 0 Å². The molecule has 2 rings (SSSR count). The van der Waals surface area contributed by atoms with Crippen molar-refractivity contribution >= 4 is 11.6 Å². The zero-order valence-electron chi connectivity index (χ0n) is 12.5. The number of nitrogens with one attached hydrogen (secondary N) is 1. The first-order valence-electron chi connectivity index (χ1n) is 6.72. The number of aryl methyl sites for hydroxylation is 2. The first kappa shape index (κ1) is 14.9. The molecule has 0 bridgehead atoms. The summed E-state index contributed by atoms with van der Waals surface area (Å²) in [5, 5.41) is 2.81. The van der Waals surface area contributed by atoms with Gasteiger partial charge in [0.05, 0.1) is 7.11 Å². The van der Waals surface area contributed by atoms with E-state index in [1.165, 1.54) is 5.56 Å². The van der Waals surface area contributed by atoms with Crippen LogP contribution in [0.3, 0.4) is 0 Å². The van der Waals surface area contributed by atoms with Crippen LogP contribution in [0.15, 0.2) is 42.5 Å². The summed E-state index contributed by atoms with van der Waals surface area (Å²) < 4.78 is 10.5. The molecule has 110 valence electrons. The van der Waals surface area contributed by atoms with Crippen LogP contribution in [0.1, 0.15) is 11.1 Å². The number of methoxy groups -OCH3 is 1. The second kappa shape index (κ2) is 6.79. The summed E-state index contributed by atoms with van der Waals surface area (Å²) in [4.78, 5) is 11.9. The van der Waals surface area contributed by atoms with Crippen LogP contribution in [0.5, 0.6) is 11.5 Å². The van der Waals surface area contributed by atoms with Crippen LogP contribution in [-0.2, 0) is 4.79 Å². The Labute approximate surface area is 124 Å². The molecule has 0 saturated heterocycles. The number of hydrogen-bond donors (Lipinski definition) is 1. The molecule has 2 aromatic rings. The fourth-order valence-electron chi connectivity index (χ4n) is 1.86. The molecular weight excluding hydrogens is 266 g/mol. The van der Waals surface area contributed by atoms with Crippen LogP contribution in [0, 0.1) is 13.8 Å². The molecule has 0 aliphatic carbocycles. The zero-order chi connectivity index (χ0) is 15.2. The molecule has 4 heteroatoms. The van der Waals surface area contributed by atoms with Crippen molar-refractivity contribution in [1.82, 2.24) is 0 Å². The Bertz CT molecular complexity index is 638. The summed E-state index contributed by atoms with van der Waals surface area (Å²) in [6, 6.07) is 13.0. The predicted molar refractivity (Wildman–Crippen MR) is 83.0 cm³/mol. The summed E-state index contributed by atoms with van der Waals surface area (Å²) in [5.41, 5.74) is 3.11. The first-order valence-corrected chi connectivity index (χ1v) is 6.72. The maximum atomic E-state index is 11.9. The Morgan fingerprint density at radius 2 is 1.81 bits per heavy atom. The molecule has 0 unspecified atom stereocenters. The maximum Gasteiger partial charge on any atom is 0.262 e. The van der Waals surface area contributed by atoms with Gasteiger partial charge < -0.3 is 14.8 Å². The number of carbonyl (C=O) groups is 1.